The lowest BCUT2D eigenvalue weighted by atomic mass is 9.62. The maximum atomic E-state index is 12.8. The normalized spacial score (nSPS) is 45.3. The van der Waals surface area contributed by atoms with E-state index in [9.17, 15) is 9.90 Å². The Hall–Kier alpha value is -0.890. The SMILES string of the molecule is CC1=C2CC[C@@H](C)CC/C=C(/C)[C@@H]3CC[C@@](C)([C@H]13)[C@@H](O)C2=O. The largest absolute Gasteiger partial charge is 0.384 e. The van der Waals surface area contributed by atoms with E-state index < -0.39 is 6.10 Å². The highest BCUT2D eigenvalue weighted by Gasteiger charge is 2.56. The number of hydrogen-bond donors (Lipinski definition) is 1. The van der Waals surface area contributed by atoms with Crippen LogP contribution in [0.25, 0.3) is 0 Å². The third kappa shape index (κ3) is 2.31. The number of allylic oxidation sites excluding steroid dienone is 3. The van der Waals surface area contributed by atoms with Crippen LogP contribution in [0.5, 0.6) is 0 Å². The Balaban J connectivity index is 2.11. The molecule has 1 N–H and O–H groups in total. The molecule has 0 radical (unpaired) electrons. The Morgan fingerprint density at radius 1 is 1.23 bits per heavy atom. The van der Waals surface area contributed by atoms with Crippen LogP contribution < -0.4 is 0 Å². The quantitative estimate of drug-likeness (QED) is 0.672. The number of carbonyl (C=O) groups is 1. The van der Waals surface area contributed by atoms with E-state index in [1.807, 2.05) is 0 Å². The van der Waals surface area contributed by atoms with E-state index in [0.717, 1.165) is 37.7 Å². The second-order valence-corrected chi connectivity index (χ2v) is 8.23. The zero-order valence-corrected chi connectivity index (χ0v) is 14.5. The lowest BCUT2D eigenvalue weighted by molar-refractivity contribution is -0.133. The fourth-order valence-corrected chi connectivity index (χ4v) is 5.29. The molecule has 1 saturated carbocycles. The fourth-order valence-electron chi connectivity index (χ4n) is 5.29. The van der Waals surface area contributed by atoms with Gasteiger partial charge in [0.05, 0.1) is 0 Å². The number of aliphatic hydroxyl groups excluding tert-OH is 1. The molecule has 0 saturated heterocycles. The Bertz CT molecular complexity index is 542. The van der Waals surface area contributed by atoms with Gasteiger partial charge in [-0.05, 0) is 75.7 Å². The predicted octanol–water partition coefficient (Wildman–Crippen LogP) is 4.44. The zero-order chi connectivity index (χ0) is 16.1. The van der Waals surface area contributed by atoms with Crippen molar-refractivity contribution in [3.8, 4) is 0 Å². The van der Waals surface area contributed by atoms with Gasteiger partial charge in [-0.2, -0.15) is 0 Å². The van der Waals surface area contributed by atoms with E-state index in [1.165, 1.54) is 17.6 Å². The minimum atomic E-state index is -0.801. The molecule has 0 aromatic rings. The van der Waals surface area contributed by atoms with Crippen LogP contribution in [0.15, 0.2) is 22.8 Å². The molecule has 0 spiro atoms. The summed E-state index contributed by atoms with van der Waals surface area (Å²) in [6, 6.07) is 0. The molecule has 2 nitrogen and oxygen atoms in total. The number of Topliss-reactive ketones (excluding diaryl/α,β-unsaturated/α-hetero) is 1. The molecule has 0 aromatic heterocycles. The van der Waals surface area contributed by atoms with Gasteiger partial charge in [-0.25, -0.2) is 0 Å². The van der Waals surface area contributed by atoms with Crippen molar-refractivity contribution >= 4 is 5.78 Å². The zero-order valence-electron chi connectivity index (χ0n) is 14.5. The Kier molecular flexibility index (Phi) is 4.09. The average Bonchev–Trinajstić information content (AvgIpc) is 2.83. The van der Waals surface area contributed by atoms with Gasteiger partial charge in [-0.15, -0.1) is 0 Å². The molecule has 2 bridgehead atoms. The highest BCUT2D eigenvalue weighted by Crippen LogP contribution is 2.58. The van der Waals surface area contributed by atoms with Crippen molar-refractivity contribution in [1.29, 1.82) is 0 Å². The molecule has 0 heterocycles. The summed E-state index contributed by atoms with van der Waals surface area (Å²) in [5.41, 5.74) is 3.44. The topological polar surface area (TPSA) is 37.3 Å². The highest BCUT2D eigenvalue weighted by atomic mass is 16.3. The molecule has 1 fully saturated rings. The van der Waals surface area contributed by atoms with Crippen molar-refractivity contribution in [2.24, 2.45) is 23.2 Å². The smallest absolute Gasteiger partial charge is 0.187 e. The van der Waals surface area contributed by atoms with Gasteiger partial charge in [0.15, 0.2) is 5.78 Å². The minimum absolute atomic E-state index is 0.0185. The lowest BCUT2D eigenvalue weighted by Crippen LogP contribution is -2.48. The summed E-state index contributed by atoms with van der Waals surface area (Å²) >= 11 is 0. The molecular weight excluding hydrogens is 272 g/mol. The molecule has 22 heavy (non-hydrogen) atoms. The molecule has 0 aliphatic heterocycles. The van der Waals surface area contributed by atoms with Crippen LogP contribution in [0.2, 0.25) is 0 Å². The van der Waals surface area contributed by atoms with E-state index in [0.29, 0.717) is 17.8 Å². The number of hydrogen-bond acceptors (Lipinski definition) is 2. The van der Waals surface area contributed by atoms with Crippen LogP contribution in [0, 0.1) is 23.2 Å². The van der Waals surface area contributed by atoms with Crippen LogP contribution in [-0.4, -0.2) is 17.0 Å². The van der Waals surface area contributed by atoms with Crippen LogP contribution in [0.1, 0.15) is 66.2 Å². The molecule has 3 aliphatic carbocycles. The van der Waals surface area contributed by atoms with Gasteiger partial charge < -0.3 is 5.11 Å². The predicted molar refractivity (Wildman–Crippen MR) is 89.4 cm³/mol. The maximum Gasteiger partial charge on any atom is 0.187 e. The third-order valence-electron chi connectivity index (χ3n) is 6.82. The molecule has 5 atom stereocenters. The Labute approximate surface area is 134 Å². The van der Waals surface area contributed by atoms with Crippen molar-refractivity contribution in [3.05, 3.63) is 22.8 Å². The molecule has 3 aliphatic rings. The van der Waals surface area contributed by atoms with E-state index >= 15 is 0 Å². The first kappa shape index (κ1) is 16.0. The van der Waals surface area contributed by atoms with E-state index in [-0.39, 0.29) is 11.2 Å². The monoisotopic (exact) mass is 302 g/mol. The van der Waals surface area contributed by atoms with Crippen molar-refractivity contribution in [3.63, 3.8) is 0 Å². The summed E-state index contributed by atoms with van der Waals surface area (Å²) in [6.07, 6.45) is 7.95. The van der Waals surface area contributed by atoms with Crippen molar-refractivity contribution in [1.82, 2.24) is 0 Å². The fraction of sp³-hybridized carbons (Fsp3) is 0.750. The second-order valence-electron chi connectivity index (χ2n) is 8.23. The standard InChI is InChI=1S/C20H30O2/c1-12-6-5-7-13(2)15-10-11-20(4)17(15)14(3)16(9-8-12)18(21)19(20)22/h7,12,15,17,19,22H,5-6,8-11H2,1-4H3/b13-7-/t12-,15-,17+,19-,20-/m0/s1. The average molecular weight is 302 g/mol. The Morgan fingerprint density at radius 2 is 1.95 bits per heavy atom. The van der Waals surface area contributed by atoms with Crippen LogP contribution in [0.3, 0.4) is 0 Å². The van der Waals surface area contributed by atoms with Gasteiger partial charge in [-0.3, -0.25) is 4.79 Å². The van der Waals surface area contributed by atoms with Crippen molar-refractivity contribution in [2.45, 2.75) is 72.3 Å². The second kappa shape index (κ2) is 5.63. The number of aliphatic hydroxyl groups is 1. The van der Waals surface area contributed by atoms with Gasteiger partial charge in [0.2, 0.25) is 0 Å². The maximum absolute atomic E-state index is 12.8. The molecule has 0 amide bonds. The number of ketones is 1. The summed E-state index contributed by atoms with van der Waals surface area (Å²) in [5.74, 6) is 1.52. The summed E-state index contributed by atoms with van der Waals surface area (Å²) in [4.78, 5) is 12.8. The van der Waals surface area contributed by atoms with Crippen LogP contribution >= 0.6 is 0 Å². The van der Waals surface area contributed by atoms with Gasteiger partial charge in [-0.1, -0.05) is 31.1 Å². The molecule has 122 valence electrons. The van der Waals surface area contributed by atoms with Gasteiger partial charge in [0.1, 0.15) is 6.10 Å². The highest BCUT2D eigenvalue weighted by molar-refractivity contribution is 6.01. The lowest BCUT2D eigenvalue weighted by Gasteiger charge is -2.43. The summed E-state index contributed by atoms with van der Waals surface area (Å²) in [7, 11) is 0. The first-order chi connectivity index (χ1) is 10.4. The first-order valence-electron chi connectivity index (χ1n) is 8.95. The van der Waals surface area contributed by atoms with E-state index in [4.69, 9.17) is 0 Å². The van der Waals surface area contributed by atoms with Crippen LogP contribution in [-0.2, 0) is 4.79 Å². The number of carbonyl (C=O) groups excluding carboxylic acids is 1. The van der Waals surface area contributed by atoms with E-state index in [2.05, 4.69) is 33.8 Å². The van der Waals surface area contributed by atoms with Gasteiger partial charge >= 0.3 is 0 Å². The Morgan fingerprint density at radius 3 is 2.68 bits per heavy atom. The summed E-state index contributed by atoms with van der Waals surface area (Å²) in [6.45, 7) is 8.84. The molecule has 0 unspecified atom stereocenters. The van der Waals surface area contributed by atoms with Crippen LogP contribution in [0.4, 0.5) is 0 Å². The third-order valence-corrected chi connectivity index (χ3v) is 6.82. The first-order valence-corrected chi connectivity index (χ1v) is 8.95. The molecule has 0 aromatic carbocycles. The van der Waals surface area contributed by atoms with Gasteiger partial charge in [0.25, 0.3) is 0 Å². The van der Waals surface area contributed by atoms with Gasteiger partial charge in [0, 0.05) is 5.41 Å². The summed E-state index contributed by atoms with van der Waals surface area (Å²) < 4.78 is 0. The number of rotatable bonds is 0. The minimum Gasteiger partial charge on any atom is -0.384 e. The molecular formula is C20H30O2. The molecule has 2 heteroatoms. The summed E-state index contributed by atoms with van der Waals surface area (Å²) in [5, 5.41) is 10.7. The van der Waals surface area contributed by atoms with E-state index in [1.54, 1.807) is 0 Å². The molecule has 3 rings (SSSR count). The van der Waals surface area contributed by atoms with Crippen molar-refractivity contribution in [2.75, 3.05) is 0 Å². The van der Waals surface area contributed by atoms with Crippen molar-refractivity contribution < 1.29 is 9.90 Å².